The minimum Gasteiger partial charge on any atom is -0.478 e. The van der Waals surface area contributed by atoms with Crippen molar-refractivity contribution in [3.05, 3.63) is 76.0 Å². The van der Waals surface area contributed by atoms with Gasteiger partial charge in [-0.3, -0.25) is 19.7 Å². The van der Waals surface area contributed by atoms with E-state index in [9.17, 15) is 29.6 Å². The molecule has 0 saturated carbocycles. The van der Waals surface area contributed by atoms with Crippen LogP contribution in [0.15, 0.2) is 60.2 Å². The molecule has 3 aromatic rings. The number of nitrogens with one attached hydrogen (secondary N) is 1. The van der Waals surface area contributed by atoms with Gasteiger partial charge in [0.2, 0.25) is 5.91 Å². The molecule has 0 radical (unpaired) electrons. The van der Waals surface area contributed by atoms with Crippen molar-refractivity contribution in [1.82, 2.24) is 14.8 Å². The average Bonchev–Trinajstić information content (AvgIpc) is 3.16. The number of likely N-dealkylation sites (N-methyl/N-ethyl adjacent to an activating group) is 1. The number of rotatable bonds is 9. The van der Waals surface area contributed by atoms with Crippen LogP contribution < -0.4 is 5.32 Å². The maximum atomic E-state index is 13.4. The Morgan fingerprint density at radius 1 is 1.16 bits per heavy atom. The van der Waals surface area contributed by atoms with Crippen LogP contribution in [0, 0.1) is 16.0 Å². The van der Waals surface area contributed by atoms with Gasteiger partial charge >= 0.3 is 5.97 Å². The van der Waals surface area contributed by atoms with Crippen LogP contribution in [-0.2, 0) is 16.6 Å². The van der Waals surface area contributed by atoms with Crippen LogP contribution in [0.3, 0.4) is 0 Å². The molecule has 0 aliphatic rings. The van der Waals surface area contributed by atoms with E-state index in [0.717, 1.165) is 0 Å². The van der Waals surface area contributed by atoms with Crippen LogP contribution in [0.2, 0.25) is 0 Å². The third kappa shape index (κ3) is 5.69. The number of carbonyl (C=O) groups excluding carboxylic acids is 2. The molecule has 3 rings (SSSR count). The van der Waals surface area contributed by atoms with Gasteiger partial charge in [0.15, 0.2) is 0 Å². The highest BCUT2D eigenvalue weighted by molar-refractivity contribution is 6.11. The number of aromatic nitrogens is 1. The molecule has 2 N–H and O–H groups in total. The summed E-state index contributed by atoms with van der Waals surface area (Å²) in [7, 11) is 3.26. The molecular formula is C27H30N4O6. The van der Waals surface area contributed by atoms with E-state index in [-0.39, 0.29) is 29.4 Å². The van der Waals surface area contributed by atoms with Crippen LogP contribution in [0.1, 0.15) is 31.3 Å². The van der Waals surface area contributed by atoms with Crippen molar-refractivity contribution in [2.45, 2.75) is 26.8 Å². The average molecular weight is 507 g/mol. The molecule has 0 saturated heterocycles. The molecule has 10 nitrogen and oxygen atoms in total. The fourth-order valence-electron chi connectivity index (χ4n) is 4.32. The van der Waals surface area contributed by atoms with Crippen molar-refractivity contribution in [2.24, 2.45) is 13.0 Å². The smallest absolute Gasteiger partial charge is 0.331 e. The van der Waals surface area contributed by atoms with Gasteiger partial charge in [-0.1, -0.05) is 50.3 Å². The van der Waals surface area contributed by atoms with Gasteiger partial charge in [-0.15, -0.1) is 0 Å². The number of nitrogens with zero attached hydrogens (tertiary/aromatic N) is 3. The number of aliphatic carboxylic acids is 1. The van der Waals surface area contributed by atoms with Gasteiger partial charge in [0.25, 0.3) is 11.6 Å². The molecule has 0 aliphatic carbocycles. The quantitative estimate of drug-likeness (QED) is 0.256. The number of carboxylic acid groups (broad SMARTS) is 1. The minimum atomic E-state index is -1.07. The predicted octanol–water partition coefficient (Wildman–Crippen LogP) is 4.00. The first-order chi connectivity index (χ1) is 17.4. The molecule has 194 valence electrons. The molecule has 0 aliphatic heterocycles. The summed E-state index contributed by atoms with van der Waals surface area (Å²) < 4.78 is 1.65. The highest BCUT2D eigenvalue weighted by Gasteiger charge is 2.26. The van der Waals surface area contributed by atoms with Crippen LogP contribution in [0.4, 0.5) is 5.69 Å². The van der Waals surface area contributed by atoms with E-state index in [0.29, 0.717) is 22.0 Å². The number of hydrogen-bond donors (Lipinski definition) is 2. The molecule has 10 heteroatoms. The molecule has 1 atom stereocenters. The molecule has 2 amide bonds. The Bertz CT molecular complexity index is 1390. The lowest BCUT2D eigenvalue weighted by atomic mass is 10.00. The lowest BCUT2D eigenvalue weighted by molar-refractivity contribution is -0.384. The van der Waals surface area contributed by atoms with E-state index < -0.39 is 28.7 Å². The number of non-ortho nitro benzene ring substituents is 1. The zero-order chi connectivity index (χ0) is 27.4. The number of nitro groups is 1. The normalized spacial score (nSPS) is 12.4. The second-order valence-corrected chi connectivity index (χ2v) is 9.18. The van der Waals surface area contributed by atoms with E-state index in [4.69, 9.17) is 0 Å². The number of amides is 2. The summed E-state index contributed by atoms with van der Waals surface area (Å²) in [5, 5.41) is 23.9. The van der Waals surface area contributed by atoms with Crippen molar-refractivity contribution in [1.29, 1.82) is 0 Å². The van der Waals surface area contributed by atoms with Crippen molar-refractivity contribution in [3.63, 3.8) is 0 Å². The van der Waals surface area contributed by atoms with Gasteiger partial charge in [0.1, 0.15) is 5.69 Å². The number of benzene rings is 2. The standard InChI is InChI=1S/C27H30N4O6/c1-16(2)22(13-17(3)27(34)35)29(4)23(32)15-28-26(33)25-24(18-9-7-6-8-10-18)20-14-19(31(36)37)11-12-21(20)30(25)5/h6-14,16,22H,15H2,1-5H3,(H,28,33)(H,34,35)/t22-/m1/s1. The van der Waals surface area contributed by atoms with Crippen LogP contribution in [0.25, 0.3) is 22.0 Å². The second-order valence-electron chi connectivity index (χ2n) is 9.18. The molecule has 1 heterocycles. The first-order valence-electron chi connectivity index (χ1n) is 11.7. The van der Waals surface area contributed by atoms with Crippen molar-refractivity contribution < 1.29 is 24.4 Å². The Labute approximate surface area is 214 Å². The van der Waals surface area contributed by atoms with Gasteiger partial charge in [-0.05, 0) is 24.5 Å². The van der Waals surface area contributed by atoms with E-state index in [1.54, 1.807) is 24.7 Å². The Balaban J connectivity index is 1.95. The number of carboxylic acids is 1. The maximum Gasteiger partial charge on any atom is 0.331 e. The third-order valence-electron chi connectivity index (χ3n) is 6.35. The highest BCUT2D eigenvalue weighted by Crippen LogP contribution is 2.36. The number of fused-ring (bicyclic) bond motifs is 1. The zero-order valence-electron chi connectivity index (χ0n) is 21.4. The summed E-state index contributed by atoms with van der Waals surface area (Å²) in [6.07, 6.45) is 1.52. The Hall–Kier alpha value is -4.47. The SMILES string of the molecule is CC(=C[C@H](C(C)C)N(C)C(=O)CNC(=O)c1c(-c2ccccc2)c2cc([N+](=O)[O-])ccc2n1C)C(=O)O. The van der Waals surface area contributed by atoms with Gasteiger partial charge in [-0.2, -0.15) is 0 Å². The Kier molecular flexibility index (Phi) is 8.11. The second kappa shape index (κ2) is 11.1. The third-order valence-corrected chi connectivity index (χ3v) is 6.35. The lowest BCUT2D eigenvalue weighted by Crippen LogP contribution is -2.45. The largest absolute Gasteiger partial charge is 0.478 e. The summed E-state index contributed by atoms with van der Waals surface area (Å²) in [5.74, 6) is -2.03. The van der Waals surface area contributed by atoms with Crippen LogP contribution in [-0.4, -0.2) is 56.9 Å². The molecule has 37 heavy (non-hydrogen) atoms. The fourth-order valence-corrected chi connectivity index (χ4v) is 4.32. The Morgan fingerprint density at radius 3 is 2.38 bits per heavy atom. The van der Waals surface area contributed by atoms with E-state index in [2.05, 4.69) is 5.32 Å². The van der Waals surface area contributed by atoms with Gasteiger partial charge in [0.05, 0.1) is 17.5 Å². The molecule has 0 spiro atoms. The van der Waals surface area contributed by atoms with E-state index >= 15 is 0 Å². The van der Waals surface area contributed by atoms with Gasteiger partial charge in [0, 0.05) is 48.3 Å². The minimum absolute atomic E-state index is 0.0578. The van der Waals surface area contributed by atoms with Gasteiger partial charge < -0.3 is 19.9 Å². The summed E-state index contributed by atoms with van der Waals surface area (Å²) >= 11 is 0. The summed E-state index contributed by atoms with van der Waals surface area (Å²) in [5.41, 5.74) is 2.16. The highest BCUT2D eigenvalue weighted by atomic mass is 16.6. The maximum absolute atomic E-state index is 13.4. The summed E-state index contributed by atoms with van der Waals surface area (Å²) in [6.45, 7) is 4.90. The summed E-state index contributed by atoms with van der Waals surface area (Å²) in [6, 6.07) is 13.0. The summed E-state index contributed by atoms with van der Waals surface area (Å²) in [4.78, 5) is 50.0. The first-order valence-corrected chi connectivity index (χ1v) is 11.7. The predicted molar refractivity (Wildman–Crippen MR) is 140 cm³/mol. The molecule has 2 aromatic carbocycles. The molecule has 0 unspecified atom stereocenters. The monoisotopic (exact) mass is 506 g/mol. The van der Waals surface area contributed by atoms with Crippen LogP contribution >= 0.6 is 0 Å². The van der Waals surface area contributed by atoms with E-state index in [1.807, 2.05) is 44.2 Å². The van der Waals surface area contributed by atoms with E-state index in [1.165, 1.54) is 30.0 Å². The van der Waals surface area contributed by atoms with Crippen molar-refractivity contribution in [3.8, 4) is 11.1 Å². The van der Waals surface area contributed by atoms with Crippen LogP contribution in [0.5, 0.6) is 0 Å². The fraction of sp³-hybridized carbons (Fsp3) is 0.296. The topological polar surface area (TPSA) is 135 Å². The Morgan fingerprint density at radius 2 is 1.81 bits per heavy atom. The lowest BCUT2D eigenvalue weighted by Gasteiger charge is -2.29. The zero-order valence-corrected chi connectivity index (χ0v) is 21.4. The number of hydrogen-bond acceptors (Lipinski definition) is 5. The molecule has 0 bridgehead atoms. The number of carbonyl (C=O) groups is 3. The van der Waals surface area contributed by atoms with Crippen molar-refractivity contribution in [2.75, 3.05) is 13.6 Å². The first kappa shape index (κ1) is 27.1. The number of nitro benzene ring substituents is 1. The van der Waals surface area contributed by atoms with Gasteiger partial charge in [-0.25, -0.2) is 4.79 Å². The van der Waals surface area contributed by atoms with Crippen molar-refractivity contribution >= 4 is 34.4 Å². The number of aryl methyl sites for hydroxylation is 1. The molecule has 0 fully saturated rings. The molecular weight excluding hydrogens is 476 g/mol. The molecule has 1 aromatic heterocycles.